The fourth-order valence-electron chi connectivity index (χ4n) is 1.63. The normalized spacial score (nSPS) is 9.89. The van der Waals surface area contributed by atoms with E-state index in [9.17, 15) is 4.39 Å². The highest BCUT2D eigenvalue weighted by Crippen LogP contribution is 2.27. The Labute approximate surface area is 109 Å². The summed E-state index contributed by atoms with van der Waals surface area (Å²) in [5.74, 6) is -0.403. The van der Waals surface area contributed by atoms with Gasteiger partial charge in [-0.05, 0) is 18.2 Å². The molecular weight excluding hydrogens is 253 g/mol. The lowest BCUT2D eigenvalue weighted by Gasteiger charge is -2.19. The number of nitrogens with zero attached hydrogens (tertiary/aromatic N) is 3. The first-order valence-electron chi connectivity index (χ1n) is 5.17. The Kier molecular flexibility index (Phi) is 3.45. The Hall–Kier alpha value is -2.12. The van der Waals surface area contributed by atoms with E-state index in [0.717, 1.165) is 0 Å². The highest BCUT2D eigenvalue weighted by Gasteiger charge is 2.14. The molecule has 0 bridgehead atoms. The van der Waals surface area contributed by atoms with Crippen molar-refractivity contribution < 1.29 is 4.39 Å². The molecule has 2 rings (SSSR count). The van der Waals surface area contributed by atoms with Crippen LogP contribution in [0, 0.1) is 17.1 Å². The molecule has 5 heteroatoms. The lowest BCUT2D eigenvalue weighted by molar-refractivity contribution is 0.621. The Bertz CT molecular complexity index is 622. The molecule has 2 aromatic rings. The maximum absolute atomic E-state index is 13.8. The molecule has 0 unspecified atom stereocenters. The van der Waals surface area contributed by atoms with Crippen molar-refractivity contribution >= 4 is 23.1 Å². The number of benzene rings is 1. The summed E-state index contributed by atoms with van der Waals surface area (Å²) < 4.78 is 13.8. The molecule has 0 radical (unpaired) electrons. The molecule has 1 heterocycles. The Morgan fingerprint density at radius 1 is 1.39 bits per heavy atom. The second-order valence-corrected chi connectivity index (χ2v) is 4.08. The number of rotatable bonds is 2. The van der Waals surface area contributed by atoms with Gasteiger partial charge in [0.15, 0.2) is 11.6 Å². The average molecular weight is 262 g/mol. The van der Waals surface area contributed by atoms with E-state index < -0.39 is 5.82 Å². The number of para-hydroxylation sites is 1. The van der Waals surface area contributed by atoms with Gasteiger partial charge in [-0.25, -0.2) is 9.37 Å². The van der Waals surface area contributed by atoms with E-state index in [-0.39, 0.29) is 10.8 Å². The number of halogens is 2. The fraction of sp³-hybridized carbons (Fsp3) is 0.0769. The van der Waals surface area contributed by atoms with Crippen LogP contribution in [0.2, 0.25) is 5.02 Å². The van der Waals surface area contributed by atoms with Gasteiger partial charge in [-0.3, -0.25) is 0 Å². The number of pyridine rings is 1. The quantitative estimate of drug-likeness (QED) is 0.830. The van der Waals surface area contributed by atoms with Crippen LogP contribution in [0.3, 0.4) is 0 Å². The second-order valence-electron chi connectivity index (χ2n) is 3.65. The van der Waals surface area contributed by atoms with Crippen molar-refractivity contribution in [3.05, 3.63) is 52.9 Å². The first kappa shape index (κ1) is 12.3. The molecular formula is C13H9ClFN3. The smallest absolute Gasteiger partial charge is 0.169 e. The van der Waals surface area contributed by atoms with Crippen LogP contribution in [-0.2, 0) is 0 Å². The molecule has 18 heavy (non-hydrogen) atoms. The molecule has 0 aliphatic carbocycles. The summed E-state index contributed by atoms with van der Waals surface area (Å²) in [4.78, 5) is 5.46. The predicted molar refractivity (Wildman–Crippen MR) is 68.4 cm³/mol. The highest BCUT2D eigenvalue weighted by molar-refractivity contribution is 6.30. The maximum Gasteiger partial charge on any atom is 0.169 e. The van der Waals surface area contributed by atoms with Gasteiger partial charge < -0.3 is 4.90 Å². The number of nitriles is 1. The van der Waals surface area contributed by atoms with Crippen molar-refractivity contribution in [1.29, 1.82) is 5.26 Å². The monoisotopic (exact) mass is 261 g/mol. The molecule has 0 aliphatic heterocycles. The molecule has 3 nitrogen and oxygen atoms in total. The van der Waals surface area contributed by atoms with Crippen LogP contribution in [0.25, 0.3) is 0 Å². The van der Waals surface area contributed by atoms with Gasteiger partial charge in [0.1, 0.15) is 6.07 Å². The number of hydrogen-bond acceptors (Lipinski definition) is 3. The van der Waals surface area contributed by atoms with Crippen molar-refractivity contribution in [3.63, 3.8) is 0 Å². The van der Waals surface area contributed by atoms with Gasteiger partial charge in [-0.15, -0.1) is 0 Å². The minimum atomic E-state index is -0.530. The predicted octanol–water partition coefficient (Wildman–Crippen LogP) is 3.51. The van der Waals surface area contributed by atoms with Crippen molar-refractivity contribution in [2.24, 2.45) is 0 Å². The Balaban J connectivity index is 2.48. The van der Waals surface area contributed by atoms with E-state index in [2.05, 4.69) is 11.1 Å². The van der Waals surface area contributed by atoms with Gasteiger partial charge in [0.2, 0.25) is 0 Å². The third kappa shape index (κ3) is 2.27. The van der Waals surface area contributed by atoms with Gasteiger partial charge in [0.25, 0.3) is 0 Å². The summed E-state index contributed by atoms with van der Waals surface area (Å²) in [6.45, 7) is 0. The van der Waals surface area contributed by atoms with Gasteiger partial charge in [-0.2, -0.15) is 5.26 Å². The van der Waals surface area contributed by atoms with E-state index in [1.54, 1.807) is 31.3 Å². The molecule has 0 N–H and O–H groups in total. The minimum absolute atomic E-state index is 0.127. The van der Waals surface area contributed by atoms with Crippen LogP contribution in [0.15, 0.2) is 36.5 Å². The van der Waals surface area contributed by atoms with Gasteiger partial charge in [0, 0.05) is 13.2 Å². The average Bonchev–Trinajstić information content (AvgIpc) is 2.38. The summed E-state index contributed by atoms with van der Waals surface area (Å²) in [7, 11) is 1.65. The van der Waals surface area contributed by atoms with Crippen LogP contribution in [0.4, 0.5) is 15.9 Å². The van der Waals surface area contributed by atoms with Crippen LogP contribution < -0.4 is 4.90 Å². The third-order valence-electron chi connectivity index (χ3n) is 2.49. The van der Waals surface area contributed by atoms with Crippen LogP contribution in [-0.4, -0.2) is 12.0 Å². The zero-order valence-corrected chi connectivity index (χ0v) is 10.3. The molecule has 1 aromatic carbocycles. The summed E-state index contributed by atoms with van der Waals surface area (Å²) in [6, 6.07) is 10.2. The van der Waals surface area contributed by atoms with E-state index in [0.29, 0.717) is 11.3 Å². The molecule has 0 spiro atoms. The zero-order valence-electron chi connectivity index (χ0n) is 9.56. The van der Waals surface area contributed by atoms with Crippen LogP contribution in [0.5, 0.6) is 0 Å². The summed E-state index contributed by atoms with van der Waals surface area (Å²) in [6.07, 6.45) is 1.37. The summed E-state index contributed by atoms with van der Waals surface area (Å²) in [5, 5.41) is 9.25. The molecule has 0 saturated heterocycles. The largest absolute Gasteiger partial charge is 0.326 e. The van der Waals surface area contributed by atoms with Crippen LogP contribution in [0.1, 0.15) is 5.56 Å². The molecule has 0 saturated carbocycles. The molecule has 0 fully saturated rings. The maximum atomic E-state index is 13.8. The number of hydrogen-bond donors (Lipinski definition) is 0. The third-order valence-corrected chi connectivity index (χ3v) is 2.70. The van der Waals surface area contributed by atoms with Crippen LogP contribution >= 0.6 is 11.6 Å². The first-order valence-corrected chi connectivity index (χ1v) is 5.55. The number of aromatic nitrogens is 1. The van der Waals surface area contributed by atoms with E-state index in [1.165, 1.54) is 17.2 Å². The molecule has 0 amide bonds. The SMILES string of the molecule is CN(c1ccccc1C#N)c1ncc(Cl)cc1F. The summed E-state index contributed by atoms with van der Waals surface area (Å²) >= 11 is 5.65. The van der Waals surface area contributed by atoms with Gasteiger partial charge >= 0.3 is 0 Å². The van der Waals surface area contributed by atoms with Crippen molar-refractivity contribution in [2.45, 2.75) is 0 Å². The van der Waals surface area contributed by atoms with Crippen molar-refractivity contribution in [1.82, 2.24) is 4.98 Å². The zero-order chi connectivity index (χ0) is 13.1. The topological polar surface area (TPSA) is 39.9 Å². The highest BCUT2D eigenvalue weighted by atomic mass is 35.5. The molecule has 1 aromatic heterocycles. The fourth-order valence-corrected chi connectivity index (χ4v) is 1.77. The lowest BCUT2D eigenvalue weighted by Crippen LogP contribution is -2.14. The van der Waals surface area contributed by atoms with E-state index >= 15 is 0 Å². The summed E-state index contributed by atoms with van der Waals surface area (Å²) in [5.41, 5.74) is 1.05. The second kappa shape index (κ2) is 5.03. The molecule has 90 valence electrons. The molecule has 0 aliphatic rings. The lowest BCUT2D eigenvalue weighted by atomic mass is 10.2. The van der Waals surface area contributed by atoms with E-state index in [4.69, 9.17) is 16.9 Å². The molecule has 0 atom stereocenters. The van der Waals surface area contributed by atoms with Gasteiger partial charge in [0.05, 0.1) is 16.3 Å². The Morgan fingerprint density at radius 2 is 2.11 bits per heavy atom. The number of anilines is 2. The first-order chi connectivity index (χ1) is 8.63. The van der Waals surface area contributed by atoms with Gasteiger partial charge in [-0.1, -0.05) is 23.7 Å². The standard InChI is InChI=1S/C13H9ClFN3/c1-18(12-5-3-2-4-9(12)7-16)13-11(15)6-10(14)8-17-13/h2-6,8H,1H3. The van der Waals surface area contributed by atoms with E-state index in [1.807, 2.05) is 0 Å². The minimum Gasteiger partial charge on any atom is -0.326 e. The van der Waals surface area contributed by atoms with Crippen molar-refractivity contribution in [3.8, 4) is 6.07 Å². The Morgan fingerprint density at radius 3 is 2.78 bits per heavy atom. The van der Waals surface area contributed by atoms with Crippen molar-refractivity contribution in [2.75, 3.05) is 11.9 Å².